The molecule has 1 N–H and O–H groups in total. The molecule has 0 bridgehead atoms. The van der Waals surface area contributed by atoms with Crippen LogP contribution in [0.1, 0.15) is 0 Å². The number of aliphatic hydroxyl groups excluding tert-OH is 1. The predicted octanol–water partition coefficient (Wildman–Crippen LogP) is 0.403. The Kier molecular flexibility index (Phi) is 7.18. The maximum atomic E-state index is 8.28. The molecule has 0 aromatic rings. The normalized spacial score (nSPS) is 13.7. The molecule has 1 unspecified atom stereocenters. The average molecular weight is 246 g/mol. The van der Waals surface area contributed by atoms with Gasteiger partial charge in [-0.1, -0.05) is 0 Å². The highest BCUT2D eigenvalue weighted by molar-refractivity contribution is 14.1. The highest BCUT2D eigenvalue weighted by atomic mass is 127. The molecule has 0 aromatic heterocycles. The van der Waals surface area contributed by atoms with Gasteiger partial charge in [0.15, 0.2) is 0 Å². The van der Waals surface area contributed by atoms with Gasteiger partial charge in [-0.25, -0.2) is 0 Å². The van der Waals surface area contributed by atoms with E-state index in [1.165, 1.54) is 0 Å². The van der Waals surface area contributed by atoms with Gasteiger partial charge in [-0.3, -0.25) is 0 Å². The standard InChI is InChI=1S/C5H11IO3/c1-8-5(6)4-9-3-2-7/h5,7H,2-4H2,1H3. The minimum absolute atomic E-state index is 0.0765. The van der Waals surface area contributed by atoms with Crippen LogP contribution in [0.15, 0.2) is 0 Å². The molecule has 56 valence electrons. The van der Waals surface area contributed by atoms with E-state index in [4.69, 9.17) is 14.6 Å². The van der Waals surface area contributed by atoms with Crippen LogP contribution in [0.25, 0.3) is 0 Å². The number of halogens is 1. The molecule has 0 saturated heterocycles. The Morgan fingerprint density at radius 3 is 2.78 bits per heavy atom. The Morgan fingerprint density at radius 1 is 1.67 bits per heavy atom. The van der Waals surface area contributed by atoms with E-state index in [9.17, 15) is 0 Å². The molecule has 4 heteroatoms. The molecule has 0 aliphatic heterocycles. The zero-order valence-electron chi connectivity index (χ0n) is 5.34. The Labute approximate surface area is 68.5 Å². The first kappa shape index (κ1) is 9.61. The molecule has 0 aliphatic carbocycles. The van der Waals surface area contributed by atoms with Gasteiger partial charge in [0.2, 0.25) is 0 Å². The van der Waals surface area contributed by atoms with E-state index in [1.807, 2.05) is 0 Å². The number of hydrogen-bond acceptors (Lipinski definition) is 3. The summed E-state index contributed by atoms with van der Waals surface area (Å²) in [6.45, 7) is 1.01. The maximum Gasteiger partial charge on any atom is 0.131 e. The minimum Gasteiger partial charge on any atom is -0.394 e. The molecule has 0 heterocycles. The molecule has 0 rings (SSSR count). The van der Waals surface area contributed by atoms with Crippen molar-refractivity contribution in [1.82, 2.24) is 0 Å². The molecular formula is C5H11IO3. The summed E-state index contributed by atoms with van der Waals surface area (Å²) in [6, 6.07) is 0. The summed E-state index contributed by atoms with van der Waals surface area (Å²) in [5, 5.41) is 8.28. The number of ether oxygens (including phenoxy) is 2. The molecule has 0 fully saturated rings. The van der Waals surface area contributed by atoms with Gasteiger partial charge in [0, 0.05) is 7.11 Å². The number of methoxy groups -OCH3 is 1. The van der Waals surface area contributed by atoms with Gasteiger partial charge in [0.05, 0.1) is 19.8 Å². The number of aliphatic hydroxyl groups is 1. The van der Waals surface area contributed by atoms with Gasteiger partial charge in [0.1, 0.15) is 4.11 Å². The smallest absolute Gasteiger partial charge is 0.131 e. The van der Waals surface area contributed by atoms with Crippen LogP contribution in [0, 0.1) is 0 Å². The van der Waals surface area contributed by atoms with E-state index < -0.39 is 0 Å². The number of alkyl halides is 1. The third-order valence-electron chi connectivity index (χ3n) is 0.740. The van der Waals surface area contributed by atoms with Crippen LogP contribution < -0.4 is 0 Å². The first-order valence-corrected chi connectivity index (χ1v) is 3.91. The van der Waals surface area contributed by atoms with Crippen molar-refractivity contribution in [3.63, 3.8) is 0 Å². The summed E-state index contributed by atoms with van der Waals surface area (Å²) in [7, 11) is 1.62. The van der Waals surface area contributed by atoms with Crippen molar-refractivity contribution < 1.29 is 14.6 Å². The van der Waals surface area contributed by atoms with Crippen LogP contribution in [0.3, 0.4) is 0 Å². The van der Waals surface area contributed by atoms with Crippen LogP contribution >= 0.6 is 22.6 Å². The molecule has 0 saturated carbocycles. The molecule has 0 radical (unpaired) electrons. The van der Waals surface area contributed by atoms with Gasteiger partial charge in [-0.15, -0.1) is 0 Å². The Bertz CT molecular complexity index is 60.2. The summed E-state index contributed by atoms with van der Waals surface area (Å²) in [5.74, 6) is 0. The van der Waals surface area contributed by atoms with E-state index in [1.54, 1.807) is 7.11 Å². The molecule has 0 aliphatic rings. The van der Waals surface area contributed by atoms with Crippen LogP contribution in [0.4, 0.5) is 0 Å². The van der Waals surface area contributed by atoms with Crippen molar-refractivity contribution in [1.29, 1.82) is 0 Å². The first-order valence-electron chi connectivity index (χ1n) is 2.66. The summed E-state index contributed by atoms with van der Waals surface area (Å²) in [6.07, 6.45) is 0. The third-order valence-corrected chi connectivity index (χ3v) is 1.61. The van der Waals surface area contributed by atoms with Crippen molar-refractivity contribution in [2.24, 2.45) is 0 Å². The van der Waals surface area contributed by atoms with E-state index in [-0.39, 0.29) is 10.7 Å². The molecule has 0 amide bonds. The molecule has 1 atom stereocenters. The zero-order valence-corrected chi connectivity index (χ0v) is 7.50. The molecule has 9 heavy (non-hydrogen) atoms. The molecule has 0 aromatic carbocycles. The summed E-state index contributed by atoms with van der Waals surface area (Å²) < 4.78 is 9.92. The van der Waals surface area contributed by atoms with Crippen LogP contribution in [-0.4, -0.2) is 36.1 Å². The molecule has 3 nitrogen and oxygen atoms in total. The second-order valence-corrected chi connectivity index (χ2v) is 2.83. The van der Waals surface area contributed by atoms with Gasteiger partial charge >= 0.3 is 0 Å². The van der Waals surface area contributed by atoms with Crippen molar-refractivity contribution in [2.75, 3.05) is 26.9 Å². The Hall–Kier alpha value is 0.610. The predicted molar refractivity (Wildman–Crippen MR) is 42.7 cm³/mol. The van der Waals surface area contributed by atoms with E-state index in [0.29, 0.717) is 13.2 Å². The first-order chi connectivity index (χ1) is 4.31. The topological polar surface area (TPSA) is 38.7 Å². The SMILES string of the molecule is COC(I)COCCO. The van der Waals surface area contributed by atoms with Crippen molar-refractivity contribution in [3.05, 3.63) is 0 Å². The van der Waals surface area contributed by atoms with E-state index in [2.05, 4.69) is 22.6 Å². The van der Waals surface area contributed by atoms with Crippen molar-refractivity contribution >= 4 is 22.6 Å². The summed E-state index contributed by atoms with van der Waals surface area (Å²) >= 11 is 2.12. The summed E-state index contributed by atoms with van der Waals surface area (Å²) in [5.41, 5.74) is 0. The lowest BCUT2D eigenvalue weighted by Gasteiger charge is -2.06. The number of rotatable bonds is 5. The van der Waals surface area contributed by atoms with Crippen molar-refractivity contribution in [2.45, 2.75) is 4.11 Å². The fraction of sp³-hybridized carbons (Fsp3) is 1.00. The third kappa shape index (κ3) is 6.50. The van der Waals surface area contributed by atoms with Gasteiger partial charge in [-0.05, 0) is 22.6 Å². The lowest BCUT2D eigenvalue weighted by Crippen LogP contribution is -2.12. The van der Waals surface area contributed by atoms with Crippen LogP contribution in [0.5, 0.6) is 0 Å². The second kappa shape index (κ2) is 6.73. The van der Waals surface area contributed by atoms with Gasteiger partial charge in [-0.2, -0.15) is 0 Å². The fourth-order valence-electron chi connectivity index (χ4n) is 0.309. The monoisotopic (exact) mass is 246 g/mol. The zero-order chi connectivity index (χ0) is 7.11. The quantitative estimate of drug-likeness (QED) is 0.433. The lowest BCUT2D eigenvalue weighted by atomic mass is 10.7. The van der Waals surface area contributed by atoms with Crippen LogP contribution in [0.2, 0.25) is 0 Å². The van der Waals surface area contributed by atoms with Crippen LogP contribution in [-0.2, 0) is 9.47 Å². The van der Waals surface area contributed by atoms with E-state index >= 15 is 0 Å². The Morgan fingerprint density at radius 2 is 2.33 bits per heavy atom. The van der Waals surface area contributed by atoms with E-state index in [0.717, 1.165) is 0 Å². The maximum absolute atomic E-state index is 8.28. The highest BCUT2D eigenvalue weighted by Crippen LogP contribution is 1.99. The lowest BCUT2D eigenvalue weighted by molar-refractivity contribution is 0.0424. The molecule has 0 spiro atoms. The minimum atomic E-state index is 0.0765. The largest absolute Gasteiger partial charge is 0.394 e. The summed E-state index contributed by atoms with van der Waals surface area (Å²) in [4.78, 5) is 0. The highest BCUT2D eigenvalue weighted by Gasteiger charge is 1.98. The fourth-order valence-corrected chi connectivity index (χ4v) is 0.563. The number of hydrogen-bond donors (Lipinski definition) is 1. The average Bonchev–Trinajstić information content (AvgIpc) is 1.89. The van der Waals surface area contributed by atoms with Gasteiger partial charge in [0.25, 0.3) is 0 Å². The second-order valence-electron chi connectivity index (χ2n) is 1.44. The Balaban J connectivity index is 2.88. The molecular weight excluding hydrogens is 235 g/mol. The van der Waals surface area contributed by atoms with Gasteiger partial charge < -0.3 is 14.6 Å². The van der Waals surface area contributed by atoms with Crippen molar-refractivity contribution in [3.8, 4) is 0 Å².